The molecule has 25 heavy (non-hydrogen) atoms. The first-order valence-electron chi connectivity index (χ1n) is 8.34. The Balaban J connectivity index is 1.86. The molecule has 1 atom stereocenters. The van der Waals surface area contributed by atoms with E-state index in [9.17, 15) is 15.4 Å². The lowest BCUT2D eigenvalue weighted by Crippen LogP contribution is -2.35. The number of nitrogens with zero attached hydrogens (tertiary/aromatic N) is 6. The largest absolute Gasteiger partial charge is 0.371 e. The molecule has 0 spiro atoms. The number of nitriles is 1. The van der Waals surface area contributed by atoms with Crippen LogP contribution >= 0.6 is 0 Å². The Labute approximate surface area is 145 Å². The molecule has 8 heteroatoms. The topological polar surface area (TPSA) is 101 Å². The van der Waals surface area contributed by atoms with Crippen LogP contribution in [0.3, 0.4) is 0 Å². The van der Waals surface area contributed by atoms with Gasteiger partial charge in [-0.05, 0) is 38.8 Å². The summed E-state index contributed by atoms with van der Waals surface area (Å²) in [4.78, 5) is 12.6. The van der Waals surface area contributed by atoms with Crippen LogP contribution in [0.15, 0.2) is 24.5 Å². The minimum absolute atomic E-state index is 0.0926. The fourth-order valence-electron chi connectivity index (χ4n) is 3.33. The van der Waals surface area contributed by atoms with E-state index < -0.39 is 4.92 Å². The second-order valence-electron chi connectivity index (χ2n) is 6.55. The summed E-state index contributed by atoms with van der Waals surface area (Å²) in [5.74, 6) is 1.22. The molecule has 2 aromatic rings. The van der Waals surface area contributed by atoms with Gasteiger partial charge in [0.25, 0.3) is 5.69 Å². The molecule has 1 fully saturated rings. The molecular weight excluding hydrogens is 320 g/mol. The van der Waals surface area contributed by atoms with E-state index in [1.165, 1.54) is 6.07 Å². The van der Waals surface area contributed by atoms with Gasteiger partial charge < -0.3 is 9.47 Å². The number of nitro groups is 1. The third kappa shape index (κ3) is 3.31. The van der Waals surface area contributed by atoms with Crippen LogP contribution in [0.5, 0.6) is 0 Å². The van der Waals surface area contributed by atoms with Gasteiger partial charge >= 0.3 is 0 Å². The van der Waals surface area contributed by atoms with Crippen molar-refractivity contribution in [2.75, 3.05) is 18.0 Å². The van der Waals surface area contributed by atoms with E-state index in [0.717, 1.165) is 37.4 Å². The average molecular weight is 340 g/mol. The molecular formula is C17H20N6O2. The molecule has 0 aliphatic carbocycles. The molecule has 2 heterocycles. The smallest absolute Gasteiger partial charge is 0.287 e. The summed E-state index contributed by atoms with van der Waals surface area (Å²) in [6.07, 6.45) is 3.78. The molecule has 130 valence electrons. The summed E-state index contributed by atoms with van der Waals surface area (Å²) in [6, 6.07) is 6.95. The lowest BCUT2D eigenvalue weighted by Gasteiger charge is -2.34. The zero-order valence-corrected chi connectivity index (χ0v) is 14.3. The summed E-state index contributed by atoms with van der Waals surface area (Å²) < 4.78 is 2.09. The van der Waals surface area contributed by atoms with Crippen molar-refractivity contribution in [2.24, 2.45) is 0 Å². The lowest BCUT2D eigenvalue weighted by atomic mass is 9.96. The van der Waals surface area contributed by atoms with Crippen molar-refractivity contribution in [3.8, 4) is 6.07 Å². The number of rotatable bonds is 4. The zero-order chi connectivity index (χ0) is 18.0. The maximum Gasteiger partial charge on any atom is 0.287 e. The van der Waals surface area contributed by atoms with Crippen LogP contribution < -0.4 is 4.90 Å². The first-order valence-corrected chi connectivity index (χ1v) is 8.34. The fraction of sp³-hybridized carbons (Fsp3) is 0.471. The van der Waals surface area contributed by atoms with E-state index in [-0.39, 0.29) is 17.2 Å². The van der Waals surface area contributed by atoms with Crippen LogP contribution in [0.25, 0.3) is 0 Å². The molecule has 8 nitrogen and oxygen atoms in total. The van der Waals surface area contributed by atoms with Gasteiger partial charge in [-0.15, -0.1) is 10.2 Å². The number of aromatic nitrogens is 3. The van der Waals surface area contributed by atoms with Crippen molar-refractivity contribution in [1.29, 1.82) is 5.26 Å². The molecule has 1 aliphatic rings. The molecule has 0 N–H and O–H groups in total. The minimum atomic E-state index is -0.521. The Bertz CT molecular complexity index is 823. The minimum Gasteiger partial charge on any atom is -0.371 e. The molecule has 1 saturated heterocycles. The molecule has 0 unspecified atom stereocenters. The van der Waals surface area contributed by atoms with Crippen LogP contribution in [0.2, 0.25) is 0 Å². The lowest BCUT2D eigenvalue weighted by molar-refractivity contribution is -0.385. The maximum absolute atomic E-state index is 11.0. The van der Waals surface area contributed by atoms with Gasteiger partial charge in [0, 0.05) is 36.8 Å². The molecule has 3 rings (SSSR count). The highest BCUT2D eigenvalue weighted by molar-refractivity contribution is 5.60. The Morgan fingerprint density at radius 1 is 1.44 bits per heavy atom. The van der Waals surface area contributed by atoms with Crippen LogP contribution in [0.1, 0.15) is 50.0 Å². The summed E-state index contributed by atoms with van der Waals surface area (Å²) in [7, 11) is 0. The highest BCUT2D eigenvalue weighted by Crippen LogP contribution is 2.32. The molecule has 0 radical (unpaired) electrons. The van der Waals surface area contributed by atoms with Crippen molar-refractivity contribution in [3.63, 3.8) is 0 Å². The Morgan fingerprint density at radius 3 is 2.92 bits per heavy atom. The summed E-state index contributed by atoms with van der Waals surface area (Å²) in [5.41, 5.74) is 0.775. The zero-order valence-electron chi connectivity index (χ0n) is 14.3. The number of anilines is 1. The highest BCUT2D eigenvalue weighted by atomic mass is 16.6. The molecule has 1 aliphatic heterocycles. The summed E-state index contributed by atoms with van der Waals surface area (Å²) >= 11 is 0. The van der Waals surface area contributed by atoms with Crippen LogP contribution in [0, 0.1) is 21.4 Å². The quantitative estimate of drug-likeness (QED) is 0.626. The monoisotopic (exact) mass is 340 g/mol. The second-order valence-corrected chi connectivity index (χ2v) is 6.55. The predicted molar refractivity (Wildman–Crippen MR) is 92.4 cm³/mol. The first-order chi connectivity index (χ1) is 12.0. The number of benzene rings is 1. The highest BCUT2D eigenvalue weighted by Gasteiger charge is 2.27. The van der Waals surface area contributed by atoms with Crippen LogP contribution in [0.4, 0.5) is 11.4 Å². The van der Waals surface area contributed by atoms with Gasteiger partial charge in [-0.2, -0.15) is 5.26 Å². The van der Waals surface area contributed by atoms with Crippen molar-refractivity contribution >= 4 is 11.4 Å². The Kier molecular flexibility index (Phi) is 4.65. The van der Waals surface area contributed by atoms with E-state index in [1.54, 1.807) is 18.5 Å². The second kappa shape index (κ2) is 6.89. The average Bonchev–Trinajstić information content (AvgIpc) is 3.11. The molecule has 1 aromatic heterocycles. The number of nitro benzene ring substituents is 1. The summed E-state index contributed by atoms with van der Waals surface area (Å²) in [5, 5.41) is 28.6. The van der Waals surface area contributed by atoms with Gasteiger partial charge in [0.1, 0.15) is 23.8 Å². The fourth-order valence-corrected chi connectivity index (χ4v) is 3.33. The Morgan fingerprint density at radius 2 is 2.24 bits per heavy atom. The SMILES string of the molecule is CC(C)n1cnnc1[C@@H]1CCCN(c2ccc([N+](=O)[O-])c(C#N)c2)C1. The van der Waals surface area contributed by atoms with Gasteiger partial charge in [-0.3, -0.25) is 10.1 Å². The first kappa shape index (κ1) is 16.9. The van der Waals surface area contributed by atoms with E-state index in [4.69, 9.17) is 0 Å². The van der Waals surface area contributed by atoms with Crippen LogP contribution in [-0.4, -0.2) is 32.8 Å². The van der Waals surface area contributed by atoms with Crippen molar-refractivity contribution in [1.82, 2.24) is 14.8 Å². The third-order valence-electron chi connectivity index (χ3n) is 4.61. The number of hydrogen-bond acceptors (Lipinski definition) is 6. The van der Waals surface area contributed by atoms with E-state index in [2.05, 4.69) is 33.5 Å². The van der Waals surface area contributed by atoms with Gasteiger partial charge in [-0.25, -0.2) is 0 Å². The number of piperidine rings is 1. The Hall–Kier alpha value is -2.95. The molecule has 0 amide bonds. The number of hydrogen-bond donors (Lipinski definition) is 0. The van der Waals surface area contributed by atoms with Gasteiger partial charge in [0.05, 0.1) is 4.92 Å². The van der Waals surface area contributed by atoms with Gasteiger partial charge in [0.15, 0.2) is 0 Å². The standard InChI is InChI=1S/C17H20N6O2/c1-12(2)22-11-19-20-17(22)13-4-3-7-21(10-13)15-5-6-16(23(24)25)14(8-15)9-18/h5-6,8,11-13H,3-4,7,10H2,1-2H3/t13-/m1/s1. The van der Waals surface area contributed by atoms with Crippen molar-refractivity contribution in [3.05, 3.63) is 46.0 Å². The summed E-state index contributed by atoms with van der Waals surface area (Å²) in [6.45, 7) is 5.81. The van der Waals surface area contributed by atoms with E-state index in [0.29, 0.717) is 6.04 Å². The molecule has 0 bridgehead atoms. The van der Waals surface area contributed by atoms with Crippen molar-refractivity contribution < 1.29 is 4.92 Å². The molecule has 1 aromatic carbocycles. The maximum atomic E-state index is 11.0. The molecule has 0 saturated carbocycles. The predicted octanol–water partition coefficient (Wildman–Crippen LogP) is 3.02. The third-order valence-corrected chi connectivity index (χ3v) is 4.61. The van der Waals surface area contributed by atoms with Crippen LogP contribution in [-0.2, 0) is 0 Å². The van der Waals surface area contributed by atoms with Crippen molar-refractivity contribution in [2.45, 2.75) is 38.6 Å². The van der Waals surface area contributed by atoms with Gasteiger partial charge in [0.2, 0.25) is 0 Å². The van der Waals surface area contributed by atoms with Gasteiger partial charge in [-0.1, -0.05) is 0 Å². The van der Waals surface area contributed by atoms with E-state index >= 15 is 0 Å². The van der Waals surface area contributed by atoms with E-state index in [1.807, 2.05) is 6.07 Å². The normalized spacial score (nSPS) is 17.5.